The number of pyridine rings is 1. The molecule has 1 aliphatic rings. The number of fused-ring (bicyclic) bond motifs is 1. The lowest BCUT2D eigenvalue weighted by molar-refractivity contribution is 0.117. The molecule has 1 saturated carbocycles. The maximum atomic E-state index is 13.5. The Hall–Kier alpha value is -3.81. The van der Waals surface area contributed by atoms with E-state index in [1.54, 1.807) is 24.7 Å². The van der Waals surface area contributed by atoms with Crippen molar-refractivity contribution >= 4 is 11.0 Å². The monoisotopic (exact) mass is 459 g/mol. The van der Waals surface area contributed by atoms with Crippen LogP contribution in [0.4, 0.5) is 4.39 Å². The minimum Gasteiger partial charge on any atom is -0.513 e. The van der Waals surface area contributed by atoms with Crippen molar-refractivity contribution in [1.82, 2.24) is 24.9 Å². The molecule has 0 bridgehead atoms. The third-order valence-electron chi connectivity index (χ3n) is 6.33. The van der Waals surface area contributed by atoms with Crippen LogP contribution < -0.4 is 4.74 Å². The lowest BCUT2D eigenvalue weighted by atomic mass is 9.85. The first-order valence-corrected chi connectivity index (χ1v) is 11.4. The van der Waals surface area contributed by atoms with Gasteiger partial charge in [0.15, 0.2) is 0 Å². The van der Waals surface area contributed by atoms with E-state index < -0.39 is 0 Å². The molecule has 4 aromatic rings. The van der Waals surface area contributed by atoms with Crippen LogP contribution in [0.3, 0.4) is 0 Å². The van der Waals surface area contributed by atoms with Crippen LogP contribution in [0.5, 0.6) is 6.01 Å². The molecule has 1 fully saturated rings. The summed E-state index contributed by atoms with van der Waals surface area (Å²) in [5.74, 6) is 1.06. The maximum Gasteiger partial charge on any atom is 0.316 e. The standard InChI is InChI=1S/C26H26FN5O2/c1-15-9-23(28-14-21(15)25-31-22-8-5-19(27)11-24(22)32-25)18-12-29-26(30-13-18)34-20-6-3-17(4-7-20)10-16(2)33/h5,8-9,11-14,17,20,33H,2-4,6-7,10H2,1H3,(H,31,32)/t17-,20-. The number of aryl methyl sites for hydroxylation is 1. The molecule has 1 aromatic carbocycles. The molecule has 1 aliphatic carbocycles. The molecule has 2 N–H and O–H groups in total. The van der Waals surface area contributed by atoms with Gasteiger partial charge in [0.25, 0.3) is 0 Å². The largest absolute Gasteiger partial charge is 0.513 e. The zero-order chi connectivity index (χ0) is 23.7. The van der Waals surface area contributed by atoms with Gasteiger partial charge in [0, 0.05) is 42.2 Å². The van der Waals surface area contributed by atoms with Crippen molar-refractivity contribution < 1.29 is 14.2 Å². The number of aromatic nitrogens is 5. The summed E-state index contributed by atoms with van der Waals surface area (Å²) in [5, 5.41) is 9.39. The number of aromatic amines is 1. The Morgan fingerprint density at radius 2 is 1.88 bits per heavy atom. The van der Waals surface area contributed by atoms with Gasteiger partial charge in [0.05, 0.1) is 22.5 Å². The molecule has 5 rings (SSSR count). The van der Waals surface area contributed by atoms with Crippen molar-refractivity contribution in [3.63, 3.8) is 0 Å². The third-order valence-corrected chi connectivity index (χ3v) is 6.33. The first-order valence-electron chi connectivity index (χ1n) is 11.4. The summed E-state index contributed by atoms with van der Waals surface area (Å²) in [6.45, 7) is 5.57. The fourth-order valence-corrected chi connectivity index (χ4v) is 4.51. The van der Waals surface area contributed by atoms with Crippen molar-refractivity contribution in [3.8, 4) is 28.7 Å². The zero-order valence-electron chi connectivity index (χ0n) is 19.0. The topological polar surface area (TPSA) is 96.8 Å². The number of halogens is 1. The van der Waals surface area contributed by atoms with Crippen LogP contribution in [0.25, 0.3) is 33.7 Å². The highest BCUT2D eigenvalue weighted by Crippen LogP contribution is 2.31. The van der Waals surface area contributed by atoms with Crippen LogP contribution in [-0.4, -0.2) is 36.1 Å². The van der Waals surface area contributed by atoms with Gasteiger partial charge in [-0.1, -0.05) is 6.58 Å². The molecule has 3 aromatic heterocycles. The number of nitrogens with one attached hydrogen (secondary N) is 1. The summed E-state index contributed by atoms with van der Waals surface area (Å²) in [4.78, 5) is 21.1. The molecule has 174 valence electrons. The Bertz CT molecular complexity index is 1330. The van der Waals surface area contributed by atoms with Crippen molar-refractivity contribution in [2.24, 2.45) is 5.92 Å². The second kappa shape index (κ2) is 9.21. The molecule has 0 saturated heterocycles. The van der Waals surface area contributed by atoms with Gasteiger partial charge < -0.3 is 14.8 Å². The smallest absolute Gasteiger partial charge is 0.316 e. The van der Waals surface area contributed by atoms with Gasteiger partial charge in [0.2, 0.25) is 0 Å². The molecule has 0 spiro atoms. The Morgan fingerprint density at radius 1 is 1.12 bits per heavy atom. The van der Waals surface area contributed by atoms with E-state index >= 15 is 0 Å². The van der Waals surface area contributed by atoms with Crippen molar-refractivity contribution in [2.45, 2.75) is 45.1 Å². The molecule has 8 heteroatoms. The van der Waals surface area contributed by atoms with E-state index in [1.807, 2.05) is 13.0 Å². The number of aliphatic hydroxyl groups excluding tert-OH is 1. The maximum absolute atomic E-state index is 13.5. The number of benzene rings is 1. The van der Waals surface area contributed by atoms with Crippen LogP contribution in [-0.2, 0) is 0 Å². The van der Waals surface area contributed by atoms with E-state index in [1.165, 1.54) is 12.1 Å². The number of ether oxygens (including phenoxy) is 1. The van der Waals surface area contributed by atoms with Crippen LogP contribution in [0.15, 0.2) is 55.2 Å². The van der Waals surface area contributed by atoms with Crippen LogP contribution in [0.1, 0.15) is 37.7 Å². The number of allylic oxidation sites excluding steroid dienone is 1. The first-order chi connectivity index (χ1) is 16.4. The number of rotatable bonds is 6. The zero-order valence-corrected chi connectivity index (χ0v) is 19.0. The molecule has 0 radical (unpaired) electrons. The lowest BCUT2D eigenvalue weighted by Gasteiger charge is -2.27. The normalized spacial score (nSPS) is 18.2. The summed E-state index contributed by atoms with van der Waals surface area (Å²) in [7, 11) is 0. The highest BCUT2D eigenvalue weighted by molar-refractivity contribution is 5.80. The Balaban J connectivity index is 1.26. The molecule has 0 atom stereocenters. The van der Waals surface area contributed by atoms with Crippen LogP contribution >= 0.6 is 0 Å². The summed E-state index contributed by atoms with van der Waals surface area (Å²) in [5.41, 5.74) is 4.72. The molecule has 34 heavy (non-hydrogen) atoms. The lowest BCUT2D eigenvalue weighted by Crippen LogP contribution is -2.25. The second-order valence-corrected chi connectivity index (χ2v) is 8.92. The van der Waals surface area contributed by atoms with E-state index in [4.69, 9.17) is 4.74 Å². The molecule has 0 amide bonds. The molecule has 3 heterocycles. The minimum atomic E-state index is -0.316. The molecule has 0 aliphatic heterocycles. The number of hydrogen-bond acceptors (Lipinski definition) is 6. The van der Waals surface area contributed by atoms with E-state index in [9.17, 15) is 9.50 Å². The van der Waals surface area contributed by atoms with Crippen LogP contribution in [0, 0.1) is 18.7 Å². The van der Waals surface area contributed by atoms with Crippen LogP contribution in [0.2, 0.25) is 0 Å². The van der Waals surface area contributed by atoms with Gasteiger partial charge in [-0.2, -0.15) is 0 Å². The predicted molar refractivity (Wildman–Crippen MR) is 128 cm³/mol. The highest BCUT2D eigenvalue weighted by Gasteiger charge is 2.23. The molecular formula is C26H26FN5O2. The SMILES string of the molecule is C=C(O)C[C@H]1CC[C@H](Oc2ncc(-c3cc(C)c(-c4nc5cc(F)ccc5[nH]4)cn3)cn2)CC1. The first kappa shape index (κ1) is 22.0. The molecular weight excluding hydrogens is 433 g/mol. The summed E-state index contributed by atoms with van der Waals surface area (Å²) < 4.78 is 19.5. The van der Waals surface area contributed by atoms with E-state index in [2.05, 4.69) is 31.5 Å². The molecule has 0 unspecified atom stereocenters. The van der Waals surface area contributed by atoms with Gasteiger partial charge >= 0.3 is 6.01 Å². The average molecular weight is 460 g/mol. The van der Waals surface area contributed by atoms with Gasteiger partial charge in [-0.25, -0.2) is 19.3 Å². The Kier molecular flexibility index (Phi) is 5.96. The number of aliphatic hydroxyl groups is 1. The summed E-state index contributed by atoms with van der Waals surface area (Å²) in [6.07, 6.45) is 9.77. The Morgan fingerprint density at radius 3 is 2.59 bits per heavy atom. The van der Waals surface area contributed by atoms with Crippen molar-refractivity contribution in [3.05, 3.63) is 66.6 Å². The van der Waals surface area contributed by atoms with Crippen molar-refractivity contribution in [2.75, 3.05) is 0 Å². The highest BCUT2D eigenvalue weighted by atomic mass is 19.1. The van der Waals surface area contributed by atoms with E-state index in [-0.39, 0.29) is 17.7 Å². The van der Waals surface area contributed by atoms with E-state index in [0.29, 0.717) is 29.7 Å². The minimum absolute atomic E-state index is 0.0889. The summed E-state index contributed by atoms with van der Waals surface area (Å²) in [6, 6.07) is 6.81. The quantitative estimate of drug-likeness (QED) is 0.347. The second-order valence-electron chi connectivity index (χ2n) is 8.92. The third kappa shape index (κ3) is 4.76. The van der Waals surface area contributed by atoms with Gasteiger partial charge in [-0.15, -0.1) is 0 Å². The fraction of sp³-hybridized carbons (Fsp3) is 0.308. The average Bonchev–Trinajstić information content (AvgIpc) is 3.23. The number of imidazole rings is 1. The Labute approximate surface area is 196 Å². The summed E-state index contributed by atoms with van der Waals surface area (Å²) >= 11 is 0. The molecule has 7 nitrogen and oxygen atoms in total. The number of nitrogens with zero attached hydrogens (tertiary/aromatic N) is 4. The van der Waals surface area contributed by atoms with Gasteiger partial charge in [-0.05, 0) is 62.3 Å². The van der Waals surface area contributed by atoms with Gasteiger partial charge in [-0.3, -0.25) is 4.98 Å². The van der Waals surface area contributed by atoms with Crippen molar-refractivity contribution in [1.29, 1.82) is 0 Å². The number of hydrogen-bond donors (Lipinski definition) is 2. The predicted octanol–water partition coefficient (Wildman–Crippen LogP) is 5.93. The fourth-order valence-electron chi connectivity index (χ4n) is 4.51. The van der Waals surface area contributed by atoms with Gasteiger partial charge in [0.1, 0.15) is 17.7 Å². The van der Waals surface area contributed by atoms with E-state index in [0.717, 1.165) is 53.6 Å². The number of H-pyrrole nitrogens is 1.